The molecule has 0 aliphatic carbocycles. The molecule has 1 rings (SSSR count). The monoisotopic (exact) mass is 152 g/mol. The normalized spacial score (nSPS) is 15.1. The van der Waals surface area contributed by atoms with Gasteiger partial charge >= 0.3 is 0 Å². The quantitative estimate of drug-likeness (QED) is 0.363. The SMILES string of the molecule is [2H]c1c([2H])c([2H])c(CCN=[N+]=[N-])c([2H])c1[2H]. The van der Waals surface area contributed by atoms with Crippen molar-refractivity contribution in [1.82, 2.24) is 0 Å². The maximum atomic E-state index is 8.10. The van der Waals surface area contributed by atoms with Gasteiger partial charge in [0.25, 0.3) is 0 Å². The lowest BCUT2D eigenvalue weighted by Crippen LogP contribution is -1.86. The Kier molecular flexibility index (Phi) is 1.30. The summed E-state index contributed by atoms with van der Waals surface area (Å²) in [6.45, 7) is 0.0739. The predicted octanol–water partition coefficient (Wildman–Crippen LogP) is 2.54. The number of nitrogens with zero attached hydrogens (tertiary/aromatic N) is 3. The third-order valence-electron chi connectivity index (χ3n) is 1.08. The fourth-order valence-corrected chi connectivity index (χ4v) is 0.607. The molecule has 3 heteroatoms. The van der Waals surface area contributed by atoms with Gasteiger partial charge in [-0.05, 0) is 17.5 Å². The van der Waals surface area contributed by atoms with Crippen molar-refractivity contribution in [3.63, 3.8) is 0 Å². The van der Waals surface area contributed by atoms with Crippen LogP contribution in [0.15, 0.2) is 35.3 Å². The molecular formula is C8H9N3. The van der Waals surface area contributed by atoms with E-state index < -0.39 is 6.04 Å². The maximum absolute atomic E-state index is 8.10. The average Bonchev–Trinajstić information content (AvgIpc) is 2.28. The topological polar surface area (TPSA) is 48.8 Å². The largest absolute Gasteiger partial charge is 0.0936 e. The van der Waals surface area contributed by atoms with Crippen molar-refractivity contribution in [3.05, 3.63) is 46.2 Å². The highest BCUT2D eigenvalue weighted by Gasteiger charge is 1.87. The fourth-order valence-electron chi connectivity index (χ4n) is 0.607. The molecule has 1 aromatic carbocycles. The molecule has 0 N–H and O–H groups in total. The minimum absolute atomic E-state index is 0.0739. The van der Waals surface area contributed by atoms with Gasteiger partial charge < -0.3 is 0 Å². The van der Waals surface area contributed by atoms with E-state index >= 15 is 0 Å². The number of benzene rings is 1. The average molecular weight is 152 g/mol. The molecule has 0 heterocycles. The van der Waals surface area contributed by atoms with Gasteiger partial charge in [-0.3, -0.25) is 0 Å². The highest BCUT2D eigenvalue weighted by Crippen LogP contribution is 1.98. The van der Waals surface area contributed by atoms with Crippen LogP contribution in [0.25, 0.3) is 10.4 Å². The van der Waals surface area contributed by atoms with Crippen molar-refractivity contribution in [2.75, 3.05) is 6.54 Å². The van der Waals surface area contributed by atoms with Gasteiger partial charge in [0.2, 0.25) is 0 Å². The summed E-state index contributed by atoms with van der Waals surface area (Å²) in [4.78, 5) is 2.54. The molecule has 0 spiro atoms. The molecule has 56 valence electrons. The Morgan fingerprint density at radius 3 is 2.82 bits per heavy atom. The molecule has 0 unspecified atom stereocenters. The smallest absolute Gasteiger partial charge is 0.0626 e. The second-order valence-electron chi connectivity index (χ2n) is 1.81. The fraction of sp³-hybridized carbons (Fsp3) is 0.250. The molecule has 3 nitrogen and oxygen atoms in total. The highest BCUT2D eigenvalue weighted by molar-refractivity contribution is 5.14. The number of azide groups is 1. The molecular weight excluding hydrogens is 138 g/mol. The third-order valence-corrected chi connectivity index (χ3v) is 1.08. The standard InChI is InChI=1S/C8H9N3/c9-11-10-7-6-8-4-2-1-3-5-8/h1-5H,6-7H2/i1D,2D,3D,4D,5D. The van der Waals surface area contributed by atoms with Crippen molar-refractivity contribution in [3.8, 4) is 0 Å². The number of rotatable bonds is 3. The third kappa shape index (κ3) is 2.74. The lowest BCUT2D eigenvalue weighted by molar-refractivity contribution is 0.956. The van der Waals surface area contributed by atoms with Gasteiger partial charge in [-0.1, -0.05) is 35.3 Å². The Balaban J connectivity index is 3.22. The molecule has 0 saturated heterocycles. The zero-order valence-corrected chi connectivity index (χ0v) is 5.76. The van der Waals surface area contributed by atoms with Crippen LogP contribution < -0.4 is 0 Å². The summed E-state index contributed by atoms with van der Waals surface area (Å²) in [5.74, 6) is 0. The predicted molar refractivity (Wildman–Crippen MR) is 44.2 cm³/mol. The maximum Gasteiger partial charge on any atom is 0.0626 e. The van der Waals surface area contributed by atoms with Crippen LogP contribution in [0.2, 0.25) is 0 Å². The Morgan fingerprint density at radius 1 is 1.45 bits per heavy atom. The van der Waals surface area contributed by atoms with Crippen molar-refractivity contribution in [2.24, 2.45) is 5.11 Å². The van der Waals surface area contributed by atoms with Gasteiger partial charge in [-0.2, -0.15) is 0 Å². The molecule has 1 aromatic rings. The Morgan fingerprint density at radius 2 is 2.18 bits per heavy atom. The second-order valence-corrected chi connectivity index (χ2v) is 1.81. The van der Waals surface area contributed by atoms with Crippen molar-refractivity contribution in [1.29, 1.82) is 0 Å². The van der Waals surface area contributed by atoms with E-state index in [4.69, 9.17) is 12.4 Å². The van der Waals surface area contributed by atoms with E-state index in [1.54, 1.807) is 0 Å². The molecule has 0 radical (unpaired) electrons. The van der Waals surface area contributed by atoms with Gasteiger partial charge in [0.05, 0.1) is 6.85 Å². The Labute approximate surface area is 72.3 Å². The van der Waals surface area contributed by atoms with E-state index in [9.17, 15) is 0 Å². The van der Waals surface area contributed by atoms with E-state index in [-0.39, 0.29) is 42.7 Å². The zero-order chi connectivity index (χ0) is 12.3. The van der Waals surface area contributed by atoms with E-state index in [0.717, 1.165) is 0 Å². The minimum atomic E-state index is -0.414. The molecule has 0 saturated carbocycles. The summed E-state index contributed by atoms with van der Waals surface area (Å²) < 4.78 is 37.3. The van der Waals surface area contributed by atoms with Gasteiger partial charge in [0.15, 0.2) is 0 Å². The van der Waals surface area contributed by atoms with Gasteiger partial charge in [-0.15, -0.1) is 0 Å². The van der Waals surface area contributed by atoms with Gasteiger partial charge in [0, 0.05) is 11.5 Å². The first-order chi connectivity index (χ1) is 7.50. The van der Waals surface area contributed by atoms with Crippen molar-refractivity contribution >= 4 is 0 Å². The minimum Gasteiger partial charge on any atom is -0.0936 e. The summed E-state index contributed by atoms with van der Waals surface area (Å²) in [6.07, 6.45) is 0.139. The summed E-state index contributed by atoms with van der Waals surface area (Å²) in [5.41, 5.74) is 8.28. The molecule has 0 aliphatic heterocycles. The highest BCUT2D eigenvalue weighted by atomic mass is 15.1. The summed E-state index contributed by atoms with van der Waals surface area (Å²) in [6, 6.07) is -1.62. The van der Waals surface area contributed by atoms with Crippen LogP contribution in [-0.4, -0.2) is 6.54 Å². The van der Waals surface area contributed by atoms with Crippen LogP contribution in [0.3, 0.4) is 0 Å². The zero-order valence-electron chi connectivity index (χ0n) is 10.8. The molecule has 0 aliphatic rings. The van der Waals surface area contributed by atoms with E-state index in [1.165, 1.54) is 0 Å². The first-order valence-corrected chi connectivity index (χ1v) is 3.07. The molecule has 0 fully saturated rings. The van der Waals surface area contributed by atoms with E-state index in [2.05, 4.69) is 10.0 Å². The molecule has 0 atom stereocenters. The van der Waals surface area contributed by atoms with Gasteiger partial charge in [-0.25, -0.2) is 0 Å². The first kappa shape index (κ1) is 3.28. The first-order valence-electron chi connectivity index (χ1n) is 5.57. The Bertz CT molecular complexity index is 438. The van der Waals surface area contributed by atoms with Crippen LogP contribution in [-0.2, 0) is 6.42 Å². The van der Waals surface area contributed by atoms with Crippen LogP contribution in [0.5, 0.6) is 0 Å². The second kappa shape index (κ2) is 4.36. The van der Waals surface area contributed by atoms with Crippen molar-refractivity contribution < 1.29 is 6.85 Å². The molecule has 0 amide bonds. The lowest BCUT2D eigenvalue weighted by Gasteiger charge is -1.93. The van der Waals surface area contributed by atoms with Gasteiger partial charge in [0.1, 0.15) is 0 Å². The number of hydrogen-bond donors (Lipinski definition) is 0. The van der Waals surface area contributed by atoms with Crippen LogP contribution in [0, 0.1) is 0 Å². The van der Waals surface area contributed by atoms with E-state index in [1.807, 2.05) is 0 Å². The summed E-state index contributed by atoms with van der Waals surface area (Å²) >= 11 is 0. The molecule has 0 bridgehead atoms. The van der Waals surface area contributed by atoms with Crippen LogP contribution in [0.1, 0.15) is 12.4 Å². The molecule has 11 heavy (non-hydrogen) atoms. The van der Waals surface area contributed by atoms with Crippen LogP contribution >= 0.6 is 0 Å². The Hall–Kier alpha value is -1.47. The van der Waals surface area contributed by atoms with E-state index in [0.29, 0.717) is 0 Å². The summed E-state index contributed by atoms with van der Waals surface area (Å²) in [7, 11) is 0. The summed E-state index contributed by atoms with van der Waals surface area (Å²) in [5, 5.41) is 3.28. The molecule has 0 aromatic heterocycles. The number of hydrogen-bond acceptors (Lipinski definition) is 1. The van der Waals surface area contributed by atoms with Crippen molar-refractivity contribution in [2.45, 2.75) is 6.42 Å². The van der Waals surface area contributed by atoms with Crippen LogP contribution in [0.4, 0.5) is 0 Å². The lowest BCUT2D eigenvalue weighted by atomic mass is 10.2.